The Morgan fingerprint density at radius 3 is 3.00 bits per heavy atom. The summed E-state index contributed by atoms with van der Waals surface area (Å²) in [7, 11) is 0. The highest BCUT2D eigenvalue weighted by molar-refractivity contribution is 9.10. The second-order valence-electron chi connectivity index (χ2n) is 4.30. The standard InChI is InChI=1S/C12H16BrClN2/c13-10-4-5-11(15-7-10)8-16-12-3-1-2-9(12)6-14/h4-5,7,9,12,16H,1-3,6,8H2. The highest BCUT2D eigenvalue weighted by atomic mass is 79.9. The van der Waals surface area contributed by atoms with Crippen molar-refractivity contribution in [3.05, 3.63) is 28.5 Å². The molecule has 16 heavy (non-hydrogen) atoms. The number of alkyl halides is 1. The van der Waals surface area contributed by atoms with Gasteiger partial charge in [-0.25, -0.2) is 0 Å². The molecular weight excluding hydrogens is 288 g/mol. The number of rotatable bonds is 4. The minimum atomic E-state index is 0.572. The van der Waals surface area contributed by atoms with Crippen LogP contribution in [0.1, 0.15) is 25.0 Å². The van der Waals surface area contributed by atoms with Crippen LogP contribution in [0.4, 0.5) is 0 Å². The molecule has 1 saturated carbocycles. The zero-order valence-electron chi connectivity index (χ0n) is 9.13. The Kier molecular flexibility index (Phi) is 4.62. The lowest BCUT2D eigenvalue weighted by Crippen LogP contribution is -2.32. The number of aromatic nitrogens is 1. The number of halogens is 2. The predicted molar refractivity (Wildman–Crippen MR) is 70.6 cm³/mol. The number of hydrogen-bond acceptors (Lipinski definition) is 2. The fraction of sp³-hybridized carbons (Fsp3) is 0.583. The van der Waals surface area contributed by atoms with Gasteiger partial charge in [0.25, 0.3) is 0 Å². The van der Waals surface area contributed by atoms with Crippen molar-refractivity contribution in [1.29, 1.82) is 0 Å². The van der Waals surface area contributed by atoms with E-state index in [9.17, 15) is 0 Å². The zero-order valence-corrected chi connectivity index (χ0v) is 11.5. The molecule has 1 aliphatic carbocycles. The molecule has 2 nitrogen and oxygen atoms in total. The van der Waals surface area contributed by atoms with Crippen molar-refractivity contribution in [2.45, 2.75) is 31.8 Å². The molecule has 0 aromatic carbocycles. The molecule has 0 bridgehead atoms. The first kappa shape index (κ1) is 12.3. The molecule has 0 spiro atoms. The van der Waals surface area contributed by atoms with Crippen molar-refractivity contribution in [1.82, 2.24) is 10.3 Å². The summed E-state index contributed by atoms with van der Waals surface area (Å²) in [6.07, 6.45) is 5.64. The largest absolute Gasteiger partial charge is 0.308 e. The molecule has 1 aromatic heterocycles. The Morgan fingerprint density at radius 1 is 1.44 bits per heavy atom. The summed E-state index contributed by atoms with van der Waals surface area (Å²) in [5, 5.41) is 3.56. The fourth-order valence-electron chi connectivity index (χ4n) is 2.24. The quantitative estimate of drug-likeness (QED) is 0.863. The second-order valence-corrected chi connectivity index (χ2v) is 5.52. The highest BCUT2D eigenvalue weighted by Gasteiger charge is 2.25. The van der Waals surface area contributed by atoms with E-state index in [4.69, 9.17) is 11.6 Å². The third-order valence-electron chi connectivity index (χ3n) is 3.19. The molecule has 2 unspecified atom stereocenters. The van der Waals surface area contributed by atoms with E-state index in [-0.39, 0.29) is 0 Å². The average molecular weight is 304 g/mol. The lowest BCUT2D eigenvalue weighted by atomic mass is 10.1. The van der Waals surface area contributed by atoms with E-state index in [1.165, 1.54) is 19.3 Å². The molecule has 0 saturated heterocycles. The first-order valence-corrected chi connectivity index (χ1v) is 7.02. The molecule has 88 valence electrons. The van der Waals surface area contributed by atoms with Crippen LogP contribution in [-0.4, -0.2) is 16.9 Å². The van der Waals surface area contributed by atoms with Crippen molar-refractivity contribution >= 4 is 27.5 Å². The number of pyridine rings is 1. The van der Waals surface area contributed by atoms with Crippen LogP contribution in [0.2, 0.25) is 0 Å². The summed E-state index contributed by atoms with van der Waals surface area (Å²) in [4.78, 5) is 4.35. The Morgan fingerprint density at radius 2 is 2.31 bits per heavy atom. The predicted octanol–water partition coefficient (Wildman–Crippen LogP) is 3.34. The smallest absolute Gasteiger partial charge is 0.0542 e. The minimum Gasteiger partial charge on any atom is -0.308 e. The van der Waals surface area contributed by atoms with Crippen molar-refractivity contribution in [2.24, 2.45) is 5.92 Å². The Hall–Kier alpha value is -0.120. The number of nitrogens with zero attached hydrogens (tertiary/aromatic N) is 1. The first-order valence-electron chi connectivity index (χ1n) is 5.69. The molecule has 0 aliphatic heterocycles. The molecule has 1 aromatic rings. The zero-order chi connectivity index (χ0) is 11.4. The maximum absolute atomic E-state index is 5.94. The summed E-state index contributed by atoms with van der Waals surface area (Å²) < 4.78 is 1.02. The summed E-state index contributed by atoms with van der Waals surface area (Å²) in [6.45, 7) is 0.839. The Balaban J connectivity index is 1.85. The van der Waals surface area contributed by atoms with E-state index in [1.54, 1.807) is 0 Å². The van der Waals surface area contributed by atoms with Gasteiger partial charge in [-0.05, 0) is 46.8 Å². The van der Waals surface area contributed by atoms with Gasteiger partial charge >= 0.3 is 0 Å². The molecule has 2 atom stereocenters. The lowest BCUT2D eigenvalue weighted by Gasteiger charge is -2.18. The highest BCUT2D eigenvalue weighted by Crippen LogP contribution is 2.26. The summed E-state index contributed by atoms with van der Waals surface area (Å²) in [5.74, 6) is 1.41. The molecular formula is C12H16BrClN2. The van der Waals surface area contributed by atoms with Crippen molar-refractivity contribution < 1.29 is 0 Å². The van der Waals surface area contributed by atoms with E-state index >= 15 is 0 Å². The number of nitrogens with one attached hydrogen (secondary N) is 1. The Labute approximate surface area is 110 Å². The second kappa shape index (κ2) is 5.99. The van der Waals surface area contributed by atoms with Gasteiger partial charge in [0, 0.05) is 29.1 Å². The summed E-state index contributed by atoms with van der Waals surface area (Å²) in [5.41, 5.74) is 1.09. The van der Waals surface area contributed by atoms with Crippen LogP contribution in [0, 0.1) is 5.92 Å². The van der Waals surface area contributed by atoms with Gasteiger partial charge in [0.05, 0.1) is 5.69 Å². The monoisotopic (exact) mass is 302 g/mol. The lowest BCUT2D eigenvalue weighted by molar-refractivity contribution is 0.427. The Bertz CT molecular complexity index is 328. The molecule has 0 amide bonds. The number of hydrogen-bond donors (Lipinski definition) is 1. The summed E-state index contributed by atoms with van der Waals surface area (Å²) in [6, 6.07) is 4.64. The molecule has 2 rings (SSSR count). The first-order chi connectivity index (χ1) is 7.79. The van der Waals surface area contributed by atoms with Gasteiger partial charge in [0.1, 0.15) is 0 Å². The minimum absolute atomic E-state index is 0.572. The van der Waals surface area contributed by atoms with Crippen molar-refractivity contribution in [2.75, 3.05) is 5.88 Å². The maximum atomic E-state index is 5.94. The van der Waals surface area contributed by atoms with E-state index < -0.39 is 0 Å². The molecule has 1 heterocycles. The van der Waals surface area contributed by atoms with E-state index in [1.807, 2.05) is 18.3 Å². The van der Waals surface area contributed by atoms with Gasteiger partial charge in [-0.1, -0.05) is 6.42 Å². The molecule has 0 radical (unpaired) electrons. The van der Waals surface area contributed by atoms with E-state index in [0.29, 0.717) is 12.0 Å². The molecule has 4 heteroatoms. The van der Waals surface area contributed by atoms with Crippen LogP contribution in [0.3, 0.4) is 0 Å². The fourth-order valence-corrected chi connectivity index (χ4v) is 2.84. The van der Waals surface area contributed by atoms with E-state index in [2.05, 4.69) is 26.2 Å². The van der Waals surface area contributed by atoms with Gasteiger partial charge in [0.2, 0.25) is 0 Å². The van der Waals surface area contributed by atoms with Gasteiger partial charge in [0.15, 0.2) is 0 Å². The molecule has 1 fully saturated rings. The van der Waals surface area contributed by atoms with Gasteiger partial charge in [-0.2, -0.15) is 0 Å². The van der Waals surface area contributed by atoms with Gasteiger partial charge in [-0.3, -0.25) is 4.98 Å². The van der Waals surface area contributed by atoms with Gasteiger partial charge in [-0.15, -0.1) is 11.6 Å². The van der Waals surface area contributed by atoms with Gasteiger partial charge < -0.3 is 5.32 Å². The van der Waals surface area contributed by atoms with E-state index in [0.717, 1.165) is 22.6 Å². The third kappa shape index (κ3) is 3.19. The van der Waals surface area contributed by atoms with Crippen LogP contribution >= 0.6 is 27.5 Å². The SMILES string of the molecule is ClCC1CCCC1NCc1ccc(Br)cn1. The maximum Gasteiger partial charge on any atom is 0.0542 e. The molecule has 1 aliphatic rings. The van der Waals surface area contributed by atoms with Crippen LogP contribution in [-0.2, 0) is 6.54 Å². The summed E-state index contributed by atoms with van der Waals surface area (Å²) >= 11 is 9.33. The van der Waals surface area contributed by atoms with Crippen molar-refractivity contribution in [3.63, 3.8) is 0 Å². The van der Waals surface area contributed by atoms with Crippen LogP contribution in [0.25, 0.3) is 0 Å². The van der Waals surface area contributed by atoms with Crippen LogP contribution in [0.5, 0.6) is 0 Å². The topological polar surface area (TPSA) is 24.9 Å². The average Bonchev–Trinajstić information content (AvgIpc) is 2.76. The third-order valence-corrected chi connectivity index (χ3v) is 4.06. The van der Waals surface area contributed by atoms with Crippen LogP contribution in [0.15, 0.2) is 22.8 Å². The normalized spacial score (nSPS) is 24.9. The molecule has 1 N–H and O–H groups in total. The van der Waals surface area contributed by atoms with Crippen molar-refractivity contribution in [3.8, 4) is 0 Å². The van der Waals surface area contributed by atoms with Crippen LogP contribution < -0.4 is 5.32 Å².